The molecule has 0 aromatic carbocycles. The molecule has 1 saturated heterocycles. The van der Waals surface area contributed by atoms with Crippen LogP contribution in [0.25, 0.3) is 0 Å². The van der Waals surface area contributed by atoms with Crippen molar-refractivity contribution in [3.8, 4) is 0 Å². The lowest BCUT2D eigenvalue weighted by atomic mass is 9.99. The van der Waals surface area contributed by atoms with Crippen molar-refractivity contribution in [1.29, 1.82) is 0 Å². The molecule has 0 spiro atoms. The van der Waals surface area contributed by atoms with Crippen LogP contribution in [0.4, 0.5) is 0 Å². The minimum absolute atomic E-state index is 0.0749. The van der Waals surface area contributed by atoms with Crippen molar-refractivity contribution in [3.63, 3.8) is 0 Å². The Morgan fingerprint density at radius 1 is 1.47 bits per heavy atom. The third-order valence-electron chi connectivity index (χ3n) is 3.32. The molecule has 0 radical (unpaired) electrons. The van der Waals surface area contributed by atoms with Gasteiger partial charge in [-0.3, -0.25) is 4.79 Å². The fraction of sp³-hybridized carbons (Fsp3) is 0.615. The van der Waals surface area contributed by atoms with E-state index in [1.54, 1.807) is 0 Å². The van der Waals surface area contributed by atoms with Gasteiger partial charge < -0.3 is 14.6 Å². The van der Waals surface area contributed by atoms with Gasteiger partial charge >= 0.3 is 0 Å². The lowest BCUT2D eigenvalue weighted by Crippen LogP contribution is -2.59. The molecule has 2 rings (SSSR count). The zero-order chi connectivity index (χ0) is 12.6. The fourth-order valence-corrected chi connectivity index (χ4v) is 2.35. The molecule has 0 saturated carbocycles. The normalized spacial score (nSPS) is 19.4. The molecule has 0 aliphatic carbocycles. The van der Waals surface area contributed by atoms with Crippen LogP contribution < -0.4 is 5.32 Å². The van der Waals surface area contributed by atoms with Crippen molar-refractivity contribution in [2.75, 3.05) is 19.6 Å². The maximum absolute atomic E-state index is 12.5. The van der Waals surface area contributed by atoms with Crippen LogP contribution in [-0.2, 0) is 0 Å². The SMILES string of the molecule is Cc1cc(C(=O)N2CCNCC2(C)C)c(C)o1. The van der Waals surface area contributed by atoms with Gasteiger partial charge in [0.1, 0.15) is 11.5 Å². The molecule has 4 nitrogen and oxygen atoms in total. The maximum Gasteiger partial charge on any atom is 0.257 e. The van der Waals surface area contributed by atoms with Gasteiger partial charge in [-0.15, -0.1) is 0 Å². The molecular formula is C13H20N2O2. The predicted molar refractivity (Wildman–Crippen MR) is 66.2 cm³/mol. The molecule has 0 atom stereocenters. The fourth-order valence-electron chi connectivity index (χ4n) is 2.35. The number of carbonyl (C=O) groups is 1. The Morgan fingerprint density at radius 2 is 2.18 bits per heavy atom. The topological polar surface area (TPSA) is 45.5 Å². The smallest absolute Gasteiger partial charge is 0.257 e. The summed E-state index contributed by atoms with van der Waals surface area (Å²) in [5, 5.41) is 3.31. The first kappa shape index (κ1) is 12.2. The first-order valence-electron chi connectivity index (χ1n) is 6.01. The van der Waals surface area contributed by atoms with Gasteiger partial charge in [-0.1, -0.05) is 0 Å². The number of furan rings is 1. The van der Waals surface area contributed by atoms with Gasteiger partial charge in [0.05, 0.1) is 11.1 Å². The third kappa shape index (κ3) is 2.22. The van der Waals surface area contributed by atoms with E-state index in [2.05, 4.69) is 19.2 Å². The van der Waals surface area contributed by atoms with Gasteiger partial charge in [-0.05, 0) is 33.8 Å². The highest BCUT2D eigenvalue weighted by atomic mass is 16.3. The van der Waals surface area contributed by atoms with Crippen molar-refractivity contribution in [2.24, 2.45) is 0 Å². The average Bonchev–Trinajstić information content (AvgIpc) is 2.56. The summed E-state index contributed by atoms with van der Waals surface area (Å²) >= 11 is 0. The number of amides is 1. The van der Waals surface area contributed by atoms with Crippen LogP contribution in [0.5, 0.6) is 0 Å². The van der Waals surface area contributed by atoms with Crippen LogP contribution in [0, 0.1) is 13.8 Å². The standard InChI is InChI=1S/C13H20N2O2/c1-9-7-11(10(2)17-9)12(16)15-6-5-14-8-13(15,3)4/h7,14H,5-6,8H2,1-4H3. The van der Waals surface area contributed by atoms with E-state index in [1.807, 2.05) is 24.8 Å². The maximum atomic E-state index is 12.5. The number of aryl methyl sites for hydroxylation is 2. The molecule has 1 amide bonds. The van der Waals surface area contributed by atoms with Crippen LogP contribution in [-0.4, -0.2) is 36.0 Å². The number of nitrogens with zero attached hydrogens (tertiary/aromatic N) is 1. The Morgan fingerprint density at radius 3 is 2.71 bits per heavy atom. The van der Waals surface area contributed by atoms with Gasteiger partial charge in [-0.25, -0.2) is 0 Å². The summed E-state index contributed by atoms with van der Waals surface area (Å²) in [4.78, 5) is 14.4. The van der Waals surface area contributed by atoms with Gasteiger partial charge in [0.2, 0.25) is 0 Å². The Hall–Kier alpha value is -1.29. The number of hydrogen-bond donors (Lipinski definition) is 1. The number of piperazine rings is 1. The highest BCUT2D eigenvalue weighted by Crippen LogP contribution is 2.22. The molecule has 1 aliphatic rings. The number of rotatable bonds is 1. The molecule has 0 bridgehead atoms. The molecule has 1 N–H and O–H groups in total. The second-order valence-corrected chi connectivity index (χ2v) is 5.27. The summed E-state index contributed by atoms with van der Waals surface area (Å²) < 4.78 is 5.43. The number of hydrogen-bond acceptors (Lipinski definition) is 3. The molecule has 4 heteroatoms. The van der Waals surface area contributed by atoms with E-state index in [0.717, 1.165) is 25.4 Å². The average molecular weight is 236 g/mol. The summed E-state index contributed by atoms with van der Waals surface area (Å²) in [7, 11) is 0. The number of nitrogens with one attached hydrogen (secondary N) is 1. The zero-order valence-electron chi connectivity index (χ0n) is 11.0. The highest BCUT2D eigenvalue weighted by molar-refractivity contribution is 5.95. The van der Waals surface area contributed by atoms with Gasteiger partial charge in [0.25, 0.3) is 5.91 Å². The Labute approximate surface area is 102 Å². The summed E-state index contributed by atoms with van der Waals surface area (Å²) in [5.41, 5.74) is 0.546. The Bertz CT molecular complexity index is 435. The van der Waals surface area contributed by atoms with E-state index in [9.17, 15) is 4.79 Å². The molecule has 94 valence electrons. The second-order valence-electron chi connectivity index (χ2n) is 5.27. The molecule has 2 heterocycles. The summed E-state index contributed by atoms with van der Waals surface area (Å²) in [6.07, 6.45) is 0. The summed E-state index contributed by atoms with van der Waals surface area (Å²) in [5.74, 6) is 1.58. The minimum atomic E-state index is -0.146. The van der Waals surface area contributed by atoms with E-state index in [0.29, 0.717) is 11.3 Å². The largest absolute Gasteiger partial charge is 0.466 e. The monoisotopic (exact) mass is 236 g/mol. The second kappa shape index (κ2) is 4.18. The van der Waals surface area contributed by atoms with Crippen LogP contribution in [0.15, 0.2) is 10.5 Å². The number of carbonyl (C=O) groups excluding carboxylic acids is 1. The van der Waals surface area contributed by atoms with E-state index < -0.39 is 0 Å². The zero-order valence-corrected chi connectivity index (χ0v) is 11.0. The van der Waals surface area contributed by atoms with Crippen molar-refractivity contribution in [2.45, 2.75) is 33.2 Å². The van der Waals surface area contributed by atoms with Gasteiger partial charge in [0.15, 0.2) is 0 Å². The third-order valence-corrected chi connectivity index (χ3v) is 3.32. The van der Waals surface area contributed by atoms with E-state index in [-0.39, 0.29) is 11.4 Å². The van der Waals surface area contributed by atoms with Gasteiger partial charge in [0, 0.05) is 19.6 Å². The predicted octanol–water partition coefficient (Wildman–Crippen LogP) is 1.72. The quantitative estimate of drug-likeness (QED) is 0.807. The Kier molecular flexibility index (Phi) is 3.00. The van der Waals surface area contributed by atoms with E-state index >= 15 is 0 Å². The van der Waals surface area contributed by atoms with Crippen LogP contribution in [0.3, 0.4) is 0 Å². The Balaban J connectivity index is 2.28. The molecule has 1 aromatic heterocycles. The summed E-state index contributed by atoms with van der Waals surface area (Å²) in [6, 6.07) is 1.83. The first-order valence-corrected chi connectivity index (χ1v) is 6.01. The highest BCUT2D eigenvalue weighted by Gasteiger charge is 2.34. The molecule has 1 aromatic rings. The lowest BCUT2D eigenvalue weighted by Gasteiger charge is -2.42. The van der Waals surface area contributed by atoms with Crippen molar-refractivity contribution in [3.05, 3.63) is 23.2 Å². The van der Waals surface area contributed by atoms with Crippen LogP contribution in [0.1, 0.15) is 35.7 Å². The van der Waals surface area contributed by atoms with E-state index in [4.69, 9.17) is 4.42 Å². The van der Waals surface area contributed by atoms with Crippen molar-refractivity contribution >= 4 is 5.91 Å². The molecule has 0 unspecified atom stereocenters. The molecule has 1 aliphatic heterocycles. The van der Waals surface area contributed by atoms with Crippen molar-refractivity contribution in [1.82, 2.24) is 10.2 Å². The molecule has 17 heavy (non-hydrogen) atoms. The first-order chi connectivity index (χ1) is 7.92. The van der Waals surface area contributed by atoms with E-state index in [1.165, 1.54) is 0 Å². The van der Waals surface area contributed by atoms with Crippen LogP contribution >= 0.6 is 0 Å². The lowest BCUT2D eigenvalue weighted by molar-refractivity contribution is 0.0476. The minimum Gasteiger partial charge on any atom is -0.466 e. The molecular weight excluding hydrogens is 216 g/mol. The molecule has 1 fully saturated rings. The van der Waals surface area contributed by atoms with Crippen LogP contribution in [0.2, 0.25) is 0 Å². The van der Waals surface area contributed by atoms with Gasteiger partial charge in [-0.2, -0.15) is 0 Å². The summed E-state index contributed by atoms with van der Waals surface area (Å²) in [6.45, 7) is 10.3. The van der Waals surface area contributed by atoms with Crippen molar-refractivity contribution < 1.29 is 9.21 Å².